The molecule has 0 aliphatic carbocycles. The molecule has 0 rings (SSSR count). The second kappa shape index (κ2) is 48.3. The van der Waals surface area contributed by atoms with E-state index < -0.39 is 25.9 Å². The third kappa shape index (κ3) is 49.4. The van der Waals surface area contributed by atoms with E-state index in [2.05, 4.69) is 56.5 Å². The number of amides is 1. The van der Waals surface area contributed by atoms with Gasteiger partial charge in [0.1, 0.15) is 19.3 Å². The zero-order chi connectivity index (χ0) is 50.8. The fourth-order valence-corrected chi connectivity index (χ4v) is 7.88. The van der Waals surface area contributed by atoms with Gasteiger partial charge in [-0.25, -0.2) is 4.57 Å². The average molecular weight is 982 g/mol. The molecule has 0 aliphatic heterocycles. The Bertz CT molecular complexity index is 1550. The molecule has 3 unspecified atom stereocenters. The van der Waals surface area contributed by atoms with Crippen LogP contribution in [0, 0.1) is 0 Å². The summed E-state index contributed by atoms with van der Waals surface area (Å²) in [6.45, 7) is 6.75. The number of likely N-dealkylation sites (N-methyl/N-ethyl adjacent to an activating group) is 1. The van der Waals surface area contributed by atoms with Crippen molar-refractivity contribution in [1.29, 1.82) is 0 Å². The van der Waals surface area contributed by atoms with Gasteiger partial charge in [0.25, 0.3) is 0 Å². The first-order chi connectivity index (χ1) is 33.4. The van der Waals surface area contributed by atoms with Gasteiger partial charge in [0.2, 0.25) is 5.91 Å². The van der Waals surface area contributed by atoms with Gasteiger partial charge in [-0.3, -0.25) is 18.6 Å². The van der Waals surface area contributed by atoms with Crippen LogP contribution in [0.3, 0.4) is 0 Å². The maximum atomic E-state index is 13.5. The molecule has 394 valence electrons. The van der Waals surface area contributed by atoms with Gasteiger partial charge in [-0.15, -0.1) is 0 Å². The van der Waals surface area contributed by atoms with E-state index in [1.165, 1.54) is 96.3 Å². The summed E-state index contributed by atoms with van der Waals surface area (Å²) < 4.78 is 30.5. The normalized spacial score (nSPS) is 14.7. The molecule has 69 heavy (non-hydrogen) atoms. The topological polar surface area (TPSA) is 111 Å². The van der Waals surface area contributed by atoms with Gasteiger partial charge in [-0.05, 0) is 70.3 Å². The Labute approximate surface area is 423 Å². The summed E-state index contributed by atoms with van der Waals surface area (Å²) in [4.78, 5) is 37.5. The molecule has 0 saturated carbocycles. The molecule has 0 radical (unpaired) electrons. The monoisotopic (exact) mass is 982 g/mol. The Balaban J connectivity index is 5.59. The minimum absolute atomic E-state index is 0.0176. The SMILES string of the molecule is CC\C=C/C=C/C=C/C=C\C=C\C=C\CCCCCC(=O)NC(COP(=O)(O)OCC[N+](C)(C)C)C(/C=C\CCCCCCCCCCCCC)OC(=O)CC/C=C/C/C=C\CCCCCCCC. The highest BCUT2D eigenvalue weighted by atomic mass is 31.2. The van der Waals surface area contributed by atoms with Crippen LogP contribution in [0.4, 0.5) is 0 Å². The lowest BCUT2D eigenvalue weighted by molar-refractivity contribution is -0.870. The molecule has 9 nitrogen and oxygen atoms in total. The van der Waals surface area contributed by atoms with Gasteiger partial charge in [0.05, 0.1) is 33.8 Å². The van der Waals surface area contributed by atoms with Crippen molar-refractivity contribution >= 4 is 19.7 Å². The second-order valence-electron chi connectivity index (χ2n) is 19.2. The Morgan fingerprint density at radius 1 is 0.536 bits per heavy atom. The molecule has 3 atom stereocenters. The number of hydrogen-bond donors (Lipinski definition) is 2. The van der Waals surface area contributed by atoms with E-state index in [-0.39, 0.29) is 32.0 Å². The van der Waals surface area contributed by atoms with Crippen molar-refractivity contribution < 1.29 is 37.3 Å². The Kier molecular flexibility index (Phi) is 46.0. The maximum Gasteiger partial charge on any atom is 0.472 e. The van der Waals surface area contributed by atoms with E-state index in [4.69, 9.17) is 13.8 Å². The molecule has 0 bridgehead atoms. The second-order valence-corrected chi connectivity index (χ2v) is 20.6. The number of unbranched alkanes of at least 4 members (excludes halogenated alkanes) is 20. The molecule has 0 aliphatic rings. The summed E-state index contributed by atoms with van der Waals surface area (Å²) >= 11 is 0. The summed E-state index contributed by atoms with van der Waals surface area (Å²) in [5.74, 6) is -0.644. The number of carbonyl (C=O) groups excluding carboxylic acids is 2. The zero-order valence-electron chi connectivity index (χ0n) is 44.8. The van der Waals surface area contributed by atoms with E-state index in [1.54, 1.807) is 0 Å². The lowest BCUT2D eigenvalue weighted by Crippen LogP contribution is -2.47. The first kappa shape index (κ1) is 65.7. The molecule has 0 spiro atoms. The Morgan fingerprint density at radius 3 is 1.54 bits per heavy atom. The van der Waals surface area contributed by atoms with Crippen molar-refractivity contribution in [1.82, 2.24) is 5.32 Å². The van der Waals surface area contributed by atoms with Gasteiger partial charge in [-0.2, -0.15) is 0 Å². The van der Waals surface area contributed by atoms with Crippen LogP contribution < -0.4 is 5.32 Å². The van der Waals surface area contributed by atoms with Crippen molar-refractivity contribution in [2.45, 2.75) is 213 Å². The third-order valence-corrected chi connectivity index (χ3v) is 12.4. The van der Waals surface area contributed by atoms with E-state index in [0.717, 1.165) is 57.8 Å². The minimum Gasteiger partial charge on any atom is -0.456 e. The molecular weight excluding hydrogens is 880 g/mol. The molecule has 2 N–H and O–H groups in total. The zero-order valence-corrected chi connectivity index (χ0v) is 45.7. The van der Waals surface area contributed by atoms with Gasteiger partial charge >= 0.3 is 13.8 Å². The number of nitrogens with zero attached hydrogens (tertiary/aromatic N) is 1. The fourth-order valence-electron chi connectivity index (χ4n) is 7.14. The lowest BCUT2D eigenvalue weighted by atomic mass is 10.0. The predicted molar refractivity (Wildman–Crippen MR) is 295 cm³/mol. The quantitative estimate of drug-likeness (QED) is 0.0156. The molecule has 0 heterocycles. The number of phosphoric acid groups is 1. The van der Waals surface area contributed by atoms with Gasteiger partial charge < -0.3 is 19.4 Å². The lowest BCUT2D eigenvalue weighted by Gasteiger charge is -2.27. The van der Waals surface area contributed by atoms with Crippen molar-refractivity contribution in [2.75, 3.05) is 40.9 Å². The maximum absolute atomic E-state index is 13.5. The van der Waals surface area contributed by atoms with Crippen LogP contribution >= 0.6 is 7.82 Å². The summed E-state index contributed by atoms with van der Waals surface area (Å²) in [6, 6.07) is -0.900. The largest absolute Gasteiger partial charge is 0.472 e. The number of allylic oxidation sites excluding steroid dienone is 17. The van der Waals surface area contributed by atoms with Gasteiger partial charge in [-0.1, -0.05) is 227 Å². The molecule has 0 aromatic carbocycles. The minimum atomic E-state index is -4.47. The molecule has 0 aromatic heterocycles. The van der Waals surface area contributed by atoms with Crippen molar-refractivity contribution in [3.8, 4) is 0 Å². The molecule has 0 aromatic rings. The van der Waals surface area contributed by atoms with Crippen LogP contribution in [0.5, 0.6) is 0 Å². The fraction of sp³-hybridized carbons (Fsp3) is 0.661. The predicted octanol–water partition coefficient (Wildman–Crippen LogP) is 16.2. The van der Waals surface area contributed by atoms with Crippen molar-refractivity contribution in [2.24, 2.45) is 0 Å². The number of carbonyl (C=O) groups is 2. The van der Waals surface area contributed by atoms with Crippen LogP contribution in [0.2, 0.25) is 0 Å². The summed E-state index contributed by atoms with van der Waals surface area (Å²) in [5, 5.41) is 3.00. The first-order valence-electron chi connectivity index (χ1n) is 27.3. The third-order valence-electron chi connectivity index (χ3n) is 11.4. The average Bonchev–Trinajstić information content (AvgIpc) is 3.31. The van der Waals surface area contributed by atoms with Crippen LogP contribution in [0.1, 0.15) is 201 Å². The number of phosphoric ester groups is 1. The van der Waals surface area contributed by atoms with Gasteiger partial charge in [0, 0.05) is 12.8 Å². The van der Waals surface area contributed by atoms with E-state index in [0.29, 0.717) is 23.9 Å². The van der Waals surface area contributed by atoms with E-state index in [1.807, 2.05) is 100 Å². The highest BCUT2D eigenvalue weighted by Crippen LogP contribution is 2.43. The van der Waals surface area contributed by atoms with E-state index in [9.17, 15) is 19.0 Å². The van der Waals surface area contributed by atoms with Crippen molar-refractivity contribution in [3.05, 3.63) is 109 Å². The smallest absolute Gasteiger partial charge is 0.456 e. The number of quaternary nitrogens is 1. The summed E-state index contributed by atoms with van der Waals surface area (Å²) in [5.41, 5.74) is 0. The van der Waals surface area contributed by atoms with Crippen LogP contribution in [-0.4, -0.2) is 74.3 Å². The highest BCUT2D eigenvalue weighted by Gasteiger charge is 2.30. The Morgan fingerprint density at radius 2 is 1.00 bits per heavy atom. The van der Waals surface area contributed by atoms with Gasteiger partial charge in [0.15, 0.2) is 0 Å². The van der Waals surface area contributed by atoms with Crippen LogP contribution in [0.25, 0.3) is 0 Å². The number of rotatable bonds is 47. The standard InChI is InChI=1S/C59H101N2O7P/c1-7-10-13-16-19-22-25-28-29-30-31-34-36-39-42-45-48-51-58(62)60-56(55-67-69(64,65)66-54-53-61(4,5)6)57(50-47-44-41-38-35-32-26-23-20-17-14-11-8-2)68-59(63)52-49-46-43-40-37-33-27-24-21-18-15-12-9-3/h10,13,16,19,22,25,28-31,33-34,36-37,43,46-47,50,56-57H,7-9,11-12,14-15,17-18,20-21,23-24,26-27,32,35,38-42,44-45,48-49,51-55H2,1-6H3,(H-,60,62,64,65)/p+1/b13-10-,19-16+,25-22+,29-28-,31-30+,36-34+,37-33-,46-43+,50-47-. The Hall–Kier alpha value is -3.33. The number of esters is 1. The van der Waals surface area contributed by atoms with Crippen LogP contribution in [0.15, 0.2) is 109 Å². The van der Waals surface area contributed by atoms with Crippen LogP contribution in [-0.2, 0) is 27.9 Å². The number of hydrogen-bond acceptors (Lipinski definition) is 6. The molecule has 0 fully saturated rings. The summed E-state index contributed by atoms with van der Waals surface area (Å²) in [7, 11) is 1.42. The molecule has 10 heteroatoms. The summed E-state index contributed by atoms with van der Waals surface area (Å²) in [6.07, 6.45) is 65.3. The molecular formula is C59H102N2O7P+. The highest BCUT2D eigenvalue weighted by molar-refractivity contribution is 7.47. The van der Waals surface area contributed by atoms with E-state index >= 15 is 0 Å². The molecule has 0 saturated heterocycles. The van der Waals surface area contributed by atoms with Crippen molar-refractivity contribution in [3.63, 3.8) is 0 Å². The number of nitrogens with one attached hydrogen (secondary N) is 1. The first-order valence-corrected chi connectivity index (χ1v) is 28.8. The molecule has 1 amide bonds. The number of ether oxygens (including phenoxy) is 1.